The van der Waals surface area contributed by atoms with Crippen LogP contribution in [-0.2, 0) is 4.79 Å². The van der Waals surface area contributed by atoms with Gasteiger partial charge < -0.3 is 14.4 Å². The largest absolute Gasteiger partial charge is 0.459 e. The predicted molar refractivity (Wildman–Crippen MR) is 84.5 cm³/mol. The fourth-order valence-electron chi connectivity index (χ4n) is 2.87. The minimum atomic E-state index is -0.300. The van der Waals surface area contributed by atoms with Crippen LogP contribution >= 0.6 is 0 Å². The highest BCUT2D eigenvalue weighted by Gasteiger charge is 2.26. The van der Waals surface area contributed by atoms with Crippen LogP contribution in [0.4, 0.5) is 0 Å². The summed E-state index contributed by atoms with van der Waals surface area (Å²) in [4.78, 5) is 16.1. The number of rotatable bonds is 4. The van der Waals surface area contributed by atoms with Crippen molar-refractivity contribution < 1.29 is 14.3 Å². The van der Waals surface area contributed by atoms with E-state index in [2.05, 4.69) is 0 Å². The molecule has 1 aromatic heterocycles. The monoisotopic (exact) mass is 302 g/mol. The van der Waals surface area contributed by atoms with Gasteiger partial charge in [-0.15, -0.1) is 0 Å². The zero-order valence-corrected chi connectivity index (χ0v) is 13.0. The number of carbonyl (C=O) groups excluding carboxylic acids is 1. The molecule has 118 valence electrons. The van der Waals surface area contributed by atoms with Crippen LogP contribution in [0.1, 0.15) is 25.1 Å². The van der Waals surface area contributed by atoms with Crippen molar-refractivity contribution in [3.8, 4) is 0 Å². The number of fused-ring (bicyclic) bond motifs is 1. The summed E-state index contributed by atoms with van der Waals surface area (Å²) in [7, 11) is 1.80. The number of β-amino-alcohol motifs (C(OH)–C–C–N with tert-alkyl or cyclic N) is 1. The zero-order valence-electron chi connectivity index (χ0n) is 13.0. The SMILES string of the molecule is CC(c1cc2ccccc2o1)N(C)C(=O)CN1CC[C@@H](O)C1. The van der Waals surface area contributed by atoms with Crippen molar-refractivity contribution in [2.24, 2.45) is 0 Å². The summed E-state index contributed by atoms with van der Waals surface area (Å²) in [5, 5.41) is 10.6. The van der Waals surface area contributed by atoms with Crippen LogP contribution in [0, 0.1) is 0 Å². The molecule has 0 aliphatic carbocycles. The Hall–Kier alpha value is -1.85. The summed E-state index contributed by atoms with van der Waals surface area (Å²) in [5.74, 6) is 0.834. The molecule has 1 N–H and O–H groups in total. The van der Waals surface area contributed by atoms with Crippen molar-refractivity contribution in [2.45, 2.75) is 25.5 Å². The van der Waals surface area contributed by atoms with Crippen molar-refractivity contribution in [1.29, 1.82) is 0 Å². The van der Waals surface area contributed by atoms with E-state index >= 15 is 0 Å². The lowest BCUT2D eigenvalue weighted by Gasteiger charge is -2.25. The molecule has 5 nitrogen and oxygen atoms in total. The maximum absolute atomic E-state index is 12.4. The number of hydrogen-bond acceptors (Lipinski definition) is 4. The van der Waals surface area contributed by atoms with E-state index in [1.165, 1.54) is 0 Å². The smallest absolute Gasteiger partial charge is 0.237 e. The van der Waals surface area contributed by atoms with Crippen molar-refractivity contribution in [3.63, 3.8) is 0 Å². The van der Waals surface area contributed by atoms with Crippen molar-refractivity contribution in [3.05, 3.63) is 36.1 Å². The highest BCUT2D eigenvalue weighted by molar-refractivity contribution is 5.80. The van der Waals surface area contributed by atoms with Crippen LogP contribution in [0.15, 0.2) is 34.7 Å². The number of likely N-dealkylation sites (N-methyl/N-ethyl adjacent to an activating group) is 1. The number of para-hydroxylation sites is 1. The molecule has 1 amide bonds. The second-order valence-electron chi connectivity index (χ2n) is 6.04. The maximum Gasteiger partial charge on any atom is 0.237 e. The summed E-state index contributed by atoms with van der Waals surface area (Å²) >= 11 is 0. The van der Waals surface area contributed by atoms with Crippen LogP contribution in [0.25, 0.3) is 11.0 Å². The summed E-state index contributed by atoms with van der Waals surface area (Å²) in [5.41, 5.74) is 0.841. The van der Waals surface area contributed by atoms with E-state index in [4.69, 9.17) is 4.42 Å². The van der Waals surface area contributed by atoms with Gasteiger partial charge in [-0.1, -0.05) is 18.2 Å². The number of furan rings is 1. The third kappa shape index (κ3) is 3.00. The predicted octanol–water partition coefficient (Wildman–Crippen LogP) is 2.02. The van der Waals surface area contributed by atoms with Gasteiger partial charge in [0.25, 0.3) is 0 Å². The van der Waals surface area contributed by atoms with Crippen LogP contribution < -0.4 is 0 Å². The Kier molecular flexibility index (Phi) is 4.18. The first-order valence-electron chi connectivity index (χ1n) is 7.69. The summed E-state index contributed by atoms with van der Waals surface area (Å²) < 4.78 is 5.84. The molecule has 1 fully saturated rings. The molecule has 1 aromatic carbocycles. The molecule has 3 rings (SSSR count). The van der Waals surface area contributed by atoms with E-state index < -0.39 is 0 Å². The lowest BCUT2D eigenvalue weighted by atomic mass is 10.2. The Morgan fingerprint density at radius 2 is 2.27 bits per heavy atom. The lowest BCUT2D eigenvalue weighted by molar-refractivity contribution is -0.133. The molecule has 5 heteroatoms. The second-order valence-corrected chi connectivity index (χ2v) is 6.04. The Morgan fingerprint density at radius 3 is 2.95 bits per heavy atom. The summed E-state index contributed by atoms with van der Waals surface area (Å²) in [6.07, 6.45) is 0.446. The fourth-order valence-corrected chi connectivity index (χ4v) is 2.87. The van der Waals surface area contributed by atoms with E-state index in [-0.39, 0.29) is 18.1 Å². The van der Waals surface area contributed by atoms with Crippen LogP contribution in [0.3, 0.4) is 0 Å². The summed E-state index contributed by atoms with van der Waals surface area (Å²) in [6, 6.07) is 9.71. The number of aliphatic hydroxyl groups is 1. The van der Waals surface area contributed by atoms with E-state index in [1.807, 2.05) is 42.2 Å². The second kappa shape index (κ2) is 6.10. The molecule has 2 atom stereocenters. The Bertz CT molecular complexity index is 634. The molecule has 0 bridgehead atoms. The third-order valence-electron chi connectivity index (χ3n) is 4.44. The van der Waals surface area contributed by atoms with Gasteiger partial charge in [0.15, 0.2) is 0 Å². The van der Waals surface area contributed by atoms with Gasteiger partial charge in [0, 0.05) is 25.5 Å². The molecule has 0 spiro atoms. The van der Waals surface area contributed by atoms with Gasteiger partial charge in [-0.2, -0.15) is 0 Å². The molecule has 1 saturated heterocycles. The third-order valence-corrected chi connectivity index (χ3v) is 4.44. The Balaban J connectivity index is 1.67. The number of hydrogen-bond donors (Lipinski definition) is 1. The Labute approximate surface area is 130 Å². The van der Waals surface area contributed by atoms with Crippen molar-refractivity contribution in [1.82, 2.24) is 9.80 Å². The zero-order chi connectivity index (χ0) is 15.7. The van der Waals surface area contributed by atoms with Gasteiger partial charge in [0.05, 0.1) is 18.7 Å². The molecule has 1 aliphatic heterocycles. The van der Waals surface area contributed by atoms with Gasteiger partial charge in [0.2, 0.25) is 5.91 Å². The first kappa shape index (κ1) is 15.1. The number of benzene rings is 1. The van der Waals surface area contributed by atoms with Crippen LogP contribution in [-0.4, -0.2) is 53.6 Å². The van der Waals surface area contributed by atoms with Gasteiger partial charge in [-0.25, -0.2) is 0 Å². The molecular weight excluding hydrogens is 280 g/mol. The topological polar surface area (TPSA) is 56.9 Å². The first-order chi connectivity index (χ1) is 10.5. The maximum atomic E-state index is 12.4. The van der Waals surface area contributed by atoms with E-state index in [1.54, 1.807) is 11.9 Å². The number of aliphatic hydroxyl groups excluding tert-OH is 1. The van der Waals surface area contributed by atoms with Gasteiger partial charge in [-0.3, -0.25) is 9.69 Å². The number of likely N-dealkylation sites (tertiary alicyclic amines) is 1. The summed E-state index contributed by atoms with van der Waals surface area (Å²) in [6.45, 7) is 3.67. The van der Waals surface area contributed by atoms with E-state index in [9.17, 15) is 9.90 Å². The molecule has 1 aliphatic rings. The average Bonchev–Trinajstić information content (AvgIpc) is 3.11. The number of carbonyl (C=O) groups is 1. The molecule has 1 unspecified atom stereocenters. The highest BCUT2D eigenvalue weighted by Crippen LogP contribution is 2.26. The van der Waals surface area contributed by atoms with Gasteiger partial charge >= 0.3 is 0 Å². The van der Waals surface area contributed by atoms with Crippen molar-refractivity contribution in [2.75, 3.05) is 26.7 Å². The first-order valence-corrected chi connectivity index (χ1v) is 7.69. The molecule has 0 radical (unpaired) electrons. The standard InChI is InChI=1S/C17H22N2O3/c1-12(16-9-13-5-3-4-6-15(13)22-16)18(2)17(21)11-19-8-7-14(20)10-19/h3-6,9,12,14,20H,7-8,10-11H2,1-2H3/t12?,14-/m1/s1. The minimum absolute atomic E-state index is 0.0436. The van der Waals surface area contributed by atoms with E-state index in [0.717, 1.165) is 29.7 Å². The highest BCUT2D eigenvalue weighted by atomic mass is 16.3. The van der Waals surface area contributed by atoms with Gasteiger partial charge in [0.1, 0.15) is 11.3 Å². The average molecular weight is 302 g/mol. The van der Waals surface area contributed by atoms with Gasteiger partial charge in [-0.05, 0) is 25.5 Å². The molecule has 2 aromatic rings. The number of nitrogens with zero attached hydrogens (tertiary/aromatic N) is 2. The minimum Gasteiger partial charge on any atom is -0.459 e. The molecule has 22 heavy (non-hydrogen) atoms. The number of amides is 1. The lowest BCUT2D eigenvalue weighted by Crippen LogP contribution is -2.38. The fraction of sp³-hybridized carbons (Fsp3) is 0.471. The molecule has 2 heterocycles. The van der Waals surface area contributed by atoms with Crippen LogP contribution in [0.2, 0.25) is 0 Å². The molecular formula is C17H22N2O3. The normalized spacial score (nSPS) is 20.4. The van der Waals surface area contributed by atoms with Crippen molar-refractivity contribution >= 4 is 16.9 Å². The van der Waals surface area contributed by atoms with Crippen LogP contribution in [0.5, 0.6) is 0 Å². The quantitative estimate of drug-likeness (QED) is 0.939. The Morgan fingerprint density at radius 1 is 1.50 bits per heavy atom. The molecule has 0 saturated carbocycles. The van der Waals surface area contributed by atoms with E-state index in [0.29, 0.717) is 13.1 Å².